The lowest BCUT2D eigenvalue weighted by atomic mass is 9.97. The van der Waals surface area contributed by atoms with Crippen LogP contribution in [0.3, 0.4) is 0 Å². The monoisotopic (exact) mass is 536 g/mol. The van der Waals surface area contributed by atoms with Crippen LogP contribution < -0.4 is 4.72 Å². The van der Waals surface area contributed by atoms with Gasteiger partial charge in [0.2, 0.25) is 15.9 Å². The Morgan fingerprint density at radius 1 is 1.05 bits per heavy atom. The SMILES string of the molecule is O=C(C1CC1)N1CC(CN2C(=O)C3(CC3)N=C2c2ccc(-c3cccc(NS(=O)(=O)C4CC4)c3)cc2F)C1. The van der Waals surface area contributed by atoms with Crippen molar-refractivity contribution in [3.05, 3.63) is 53.8 Å². The molecule has 2 aliphatic heterocycles. The predicted octanol–water partition coefficient (Wildman–Crippen LogP) is 3.39. The number of hydrogen-bond donors (Lipinski definition) is 1. The minimum absolute atomic E-state index is 0.0707. The minimum atomic E-state index is -3.40. The number of sulfonamides is 1. The van der Waals surface area contributed by atoms with Crippen molar-refractivity contribution in [2.75, 3.05) is 24.4 Å². The molecule has 3 aliphatic carbocycles. The van der Waals surface area contributed by atoms with E-state index < -0.39 is 21.4 Å². The lowest BCUT2D eigenvalue weighted by Crippen LogP contribution is -2.55. The molecule has 7 rings (SSSR count). The van der Waals surface area contributed by atoms with Gasteiger partial charge in [-0.05, 0) is 73.9 Å². The van der Waals surface area contributed by atoms with Crippen LogP contribution in [0, 0.1) is 17.7 Å². The van der Waals surface area contributed by atoms with Gasteiger partial charge in [0.05, 0.1) is 10.8 Å². The van der Waals surface area contributed by atoms with Gasteiger partial charge in [-0.25, -0.2) is 12.8 Å². The summed E-state index contributed by atoms with van der Waals surface area (Å²) >= 11 is 0. The number of amides is 2. The summed E-state index contributed by atoms with van der Waals surface area (Å²) in [6.45, 7) is 1.68. The van der Waals surface area contributed by atoms with E-state index in [1.165, 1.54) is 6.07 Å². The van der Waals surface area contributed by atoms with Crippen LogP contribution in [0.15, 0.2) is 47.5 Å². The van der Waals surface area contributed by atoms with Crippen LogP contribution in [0.2, 0.25) is 0 Å². The lowest BCUT2D eigenvalue weighted by molar-refractivity contribution is -0.139. The zero-order valence-electron chi connectivity index (χ0n) is 20.9. The van der Waals surface area contributed by atoms with Gasteiger partial charge in [-0.1, -0.05) is 18.2 Å². The Morgan fingerprint density at radius 2 is 1.79 bits per heavy atom. The van der Waals surface area contributed by atoms with Gasteiger partial charge in [-0.2, -0.15) is 0 Å². The highest BCUT2D eigenvalue weighted by molar-refractivity contribution is 7.93. The molecular formula is C28H29FN4O4S. The maximum atomic E-state index is 15.6. The van der Waals surface area contributed by atoms with Crippen LogP contribution in [-0.4, -0.2) is 66.3 Å². The average Bonchev–Trinajstić information content (AvgIpc) is 3.73. The molecule has 1 spiro atoms. The number of nitrogens with one attached hydrogen (secondary N) is 1. The third-order valence-corrected chi connectivity index (χ3v) is 10.1. The van der Waals surface area contributed by atoms with E-state index in [4.69, 9.17) is 4.99 Å². The Hall–Kier alpha value is -3.27. The molecule has 1 N–H and O–H groups in total. The molecule has 198 valence electrons. The van der Waals surface area contributed by atoms with E-state index in [2.05, 4.69) is 4.72 Å². The van der Waals surface area contributed by atoms with E-state index in [1.54, 1.807) is 41.3 Å². The molecule has 2 aromatic carbocycles. The van der Waals surface area contributed by atoms with Crippen molar-refractivity contribution in [3.8, 4) is 11.1 Å². The van der Waals surface area contributed by atoms with Crippen molar-refractivity contribution in [2.45, 2.75) is 49.3 Å². The fourth-order valence-corrected chi connectivity index (χ4v) is 6.83. The summed E-state index contributed by atoms with van der Waals surface area (Å²) in [6, 6.07) is 11.7. The van der Waals surface area contributed by atoms with Crippen molar-refractivity contribution >= 4 is 33.4 Å². The van der Waals surface area contributed by atoms with Gasteiger partial charge in [0, 0.05) is 37.2 Å². The quantitative estimate of drug-likeness (QED) is 0.559. The fraction of sp³-hybridized carbons (Fsp3) is 0.464. The first-order valence-electron chi connectivity index (χ1n) is 13.4. The van der Waals surface area contributed by atoms with Crippen LogP contribution in [-0.2, 0) is 19.6 Å². The number of benzene rings is 2. The number of likely N-dealkylation sites (tertiary alicyclic amines) is 1. The van der Waals surface area contributed by atoms with Crippen LogP contribution in [0.4, 0.5) is 10.1 Å². The van der Waals surface area contributed by atoms with Crippen LogP contribution in [0.5, 0.6) is 0 Å². The van der Waals surface area contributed by atoms with Gasteiger partial charge in [0.15, 0.2) is 0 Å². The van der Waals surface area contributed by atoms with Gasteiger partial charge < -0.3 is 4.90 Å². The Kier molecular flexibility index (Phi) is 5.24. The average molecular weight is 537 g/mol. The molecule has 1 saturated heterocycles. The van der Waals surface area contributed by atoms with Crippen LogP contribution in [0.25, 0.3) is 11.1 Å². The molecule has 0 atom stereocenters. The van der Waals surface area contributed by atoms with E-state index in [0.29, 0.717) is 68.0 Å². The second-order valence-electron chi connectivity index (χ2n) is 11.4. The summed E-state index contributed by atoms with van der Waals surface area (Å²) in [4.78, 5) is 33.7. The number of anilines is 1. The number of nitrogens with zero attached hydrogens (tertiary/aromatic N) is 3. The number of amidine groups is 1. The number of halogens is 1. The van der Waals surface area contributed by atoms with E-state index in [9.17, 15) is 18.0 Å². The third-order valence-electron chi connectivity index (χ3n) is 8.21. The standard InChI is InChI=1S/C28H29FN4O4S/c29-24-13-20(19-2-1-3-21(12-19)31-38(36,37)22-7-8-22)6-9-23(24)25-30-28(10-11-28)27(35)33(25)16-17-14-32(15-17)26(34)18-4-5-18/h1-3,6,9,12-13,17-18,22,31H,4-5,7-8,10-11,14-16H2. The Balaban J connectivity index is 1.10. The normalized spacial score (nSPS) is 22.4. The second-order valence-corrected chi connectivity index (χ2v) is 13.3. The molecule has 3 saturated carbocycles. The molecular weight excluding hydrogens is 507 g/mol. The van der Waals surface area contributed by atoms with Gasteiger partial charge >= 0.3 is 0 Å². The molecule has 8 nitrogen and oxygen atoms in total. The van der Waals surface area contributed by atoms with Crippen LogP contribution >= 0.6 is 0 Å². The second kappa shape index (κ2) is 8.36. The molecule has 5 aliphatic rings. The molecule has 0 unspecified atom stereocenters. The van der Waals surface area contributed by atoms with Crippen molar-refractivity contribution in [2.24, 2.45) is 16.8 Å². The number of hydrogen-bond acceptors (Lipinski definition) is 5. The molecule has 0 bridgehead atoms. The largest absolute Gasteiger partial charge is 0.342 e. The summed E-state index contributed by atoms with van der Waals surface area (Å²) in [5.74, 6) is 0.369. The first kappa shape index (κ1) is 23.8. The molecule has 2 aromatic rings. The highest BCUT2D eigenvalue weighted by Gasteiger charge is 2.58. The van der Waals surface area contributed by atoms with Gasteiger partial charge in [0.1, 0.15) is 17.2 Å². The lowest BCUT2D eigenvalue weighted by Gasteiger charge is -2.41. The first-order chi connectivity index (χ1) is 18.2. The minimum Gasteiger partial charge on any atom is -0.342 e. The number of rotatable bonds is 8. The summed E-state index contributed by atoms with van der Waals surface area (Å²) in [5.41, 5.74) is 1.26. The smallest absolute Gasteiger partial charge is 0.256 e. The maximum absolute atomic E-state index is 15.6. The van der Waals surface area contributed by atoms with Gasteiger partial charge in [-0.15, -0.1) is 0 Å². The highest BCUT2D eigenvalue weighted by Crippen LogP contribution is 2.46. The van der Waals surface area contributed by atoms with Gasteiger partial charge in [-0.3, -0.25) is 24.2 Å². The zero-order valence-corrected chi connectivity index (χ0v) is 21.7. The Morgan fingerprint density at radius 3 is 2.45 bits per heavy atom. The molecule has 0 aromatic heterocycles. The van der Waals surface area contributed by atoms with Crippen LogP contribution in [0.1, 0.15) is 44.1 Å². The Bertz CT molecular complexity index is 1490. The molecule has 10 heteroatoms. The Labute approximate surface area is 221 Å². The van der Waals surface area contributed by atoms with Crippen molar-refractivity contribution in [1.29, 1.82) is 0 Å². The summed E-state index contributed by atoms with van der Waals surface area (Å²) in [5, 5.41) is -0.336. The maximum Gasteiger partial charge on any atom is 0.256 e. The third kappa shape index (κ3) is 4.19. The zero-order chi connectivity index (χ0) is 26.2. The van der Waals surface area contributed by atoms with Crippen molar-refractivity contribution in [1.82, 2.24) is 9.80 Å². The van der Waals surface area contributed by atoms with Crippen molar-refractivity contribution in [3.63, 3.8) is 0 Å². The first-order valence-corrected chi connectivity index (χ1v) is 14.9. The molecule has 38 heavy (non-hydrogen) atoms. The summed E-state index contributed by atoms with van der Waals surface area (Å²) < 4.78 is 42.8. The topological polar surface area (TPSA) is 99.2 Å². The summed E-state index contributed by atoms with van der Waals surface area (Å²) in [7, 11) is -3.40. The highest BCUT2D eigenvalue weighted by atomic mass is 32.2. The molecule has 2 heterocycles. The fourth-order valence-electron chi connectivity index (χ4n) is 5.45. The van der Waals surface area contributed by atoms with Gasteiger partial charge in [0.25, 0.3) is 5.91 Å². The van der Waals surface area contributed by atoms with E-state index in [-0.39, 0.29) is 34.5 Å². The van der Waals surface area contributed by atoms with E-state index in [0.717, 1.165) is 12.8 Å². The number of carbonyl (C=O) groups is 2. The number of carbonyl (C=O) groups excluding carboxylic acids is 2. The summed E-state index contributed by atoms with van der Waals surface area (Å²) in [6.07, 6.45) is 4.63. The molecule has 2 amide bonds. The number of aliphatic imine (C=N–C) groups is 1. The predicted molar refractivity (Wildman–Crippen MR) is 140 cm³/mol. The van der Waals surface area contributed by atoms with Crippen molar-refractivity contribution < 1.29 is 22.4 Å². The van der Waals surface area contributed by atoms with E-state index >= 15 is 4.39 Å². The molecule has 4 fully saturated rings. The molecule has 0 radical (unpaired) electrons. The van der Waals surface area contributed by atoms with E-state index in [1.807, 2.05) is 4.90 Å².